The molecule has 23 heavy (non-hydrogen) atoms. The van der Waals surface area contributed by atoms with Crippen LogP contribution < -0.4 is 0 Å². The molecule has 0 spiro atoms. The van der Waals surface area contributed by atoms with Crippen LogP contribution in [0.25, 0.3) is 0 Å². The van der Waals surface area contributed by atoms with Crippen LogP contribution in [0, 0.1) is 18.3 Å². The lowest BCUT2D eigenvalue weighted by Crippen LogP contribution is -2.40. The van der Waals surface area contributed by atoms with Crippen LogP contribution >= 0.6 is 15.9 Å². The molecule has 1 aliphatic heterocycles. The molecule has 1 saturated heterocycles. The molecule has 1 aromatic rings. The summed E-state index contributed by atoms with van der Waals surface area (Å²) in [7, 11) is 0. The van der Waals surface area contributed by atoms with Crippen molar-refractivity contribution < 1.29 is 14.7 Å². The molecule has 0 bridgehead atoms. The molecular formula is C18H24BrNO3. The maximum absolute atomic E-state index is 12.4. The minimum atomic E-state index is -0.788. The highest BCUT2D eigenvalue weighted by Gasteiger charge is 2.48. The number of carboxylic acid groups (broad SMARTS) is 1. The van der Waals surface area contributed by atoms with Gasteiger partial charge in [-0.15, -0.1) is 0 Å². The smallest absolute Gasteiger partial charge is 0.311 e. The Morgan fingerprint density at radius 2 is 2.09 bits per heavy atom. The number of halogens is 1. The highest BCUT2D eigenvalue weighted by molar-refractivity contribution is 9.10. The number of carboxylic acids is 1. The van der Waals surface area contributed by atoms with E-state index in [0.717, 1.165) is 15.6 Å². The number of likely N-dealkylation sites (tertiary alicyclic amines) is 1. The van der Waals surface area contributed by atoms with Gasteiger partial charge in [0.15, 0.2) is 0 Å². The van der Waals surface area contributed by atoms with Crippen LogP contribution in [0.4, 0.5) is 0 Å². The predicted molar refractivity (Wildman–Crippen MR) is 93.3 cm³/mol. The van der Waals surface area contributed by atoms with Gasteiger partial charge in [-0.25, -0.2) is 0 Å². The minimum absolute atomic E-state index is 0.0203. The van der Waals surface area contributed by atoms with Crippen molar-refractivity contribution in [1.29, 1.82) is 0 Å². The largest absolute Gasteiger partial charge is 0.481 e. The van der Waals surface area contributed by atoms with E-state index in [0.29, 0.717) is 32.4 Å². The Kier molecular flexibility index (Phi) is 5.50. The molecule has 0 aromatic heterocycles. The molecule has 5 heteroatoms. The maximum atomic E-state index is 12.4. The van der Waals surface area contributed by atoms with Crippen LogP contribution in [0.2, 0.25) is 0 Å². The van der Waals surface area contributed by atoms with E-state index in [1.807, 2.05) is 32.9 Å². The zero-order chi connectivity index (χ0) is 17.2. The number of benzene rings is 1. The zero-order valence-electron chi connectivity index (χ0n) is 13.9. The van der Waals surface area contributed by atoms with Crippen molar-refractivity contribution in [3.63, 3.8) is 0 Å². The van der Waals surface area contributed by atoms with E-state index >= 15 is 0 Å². The second-order valence-electron chi connectivity index (χ2n) is 6.76. The molecule has 2 rings (SSSR count). The van der Waals surface area contributed by atoms with Crippen LogP contribution in [0.1, 0.15) is 37.8 Å². The average Bonchev–Trinajstić information content (AvgIpc) is 2.95. The molecule has 1 atom stereocenters. The Morgan fingerprint density at radius 1 is 1.39 bits per heavy atom. The molecule has 1 aromatic carbocycles. The fourth-order valence-electron chi connectivity index (χ4n) is 3.21. The Balaban J connectivity index is 1.97. The first-order valence-corrected chi connectivity index (χ1v) is 8.82. The number of carbonyl (C=O) groups excluding carboxylic acids is 1. The van der Waals surface area contributed by atoms with Gasteiger partial charge in [0.2, 0.25) is 5.91 Å². The number of carbonyl (C=O) groups is 2. The van der Waals surface area contributed by atoms with Crippen molar-refractivity contribution in [3.8, 4) is 0 Å². The van der Waals surface area contributed by atoms with Crippen molar-refractivity contribution in [2.75, 3.05) is 13.1 Å². The Morgan fingerprint density at radius 3 is 2.61 bits per heavy atom. The second kappa shape index (κ2) is 7.04. The van der Waals surface area contributed by atoms with Crippen molar-refractivity contribution in [1.82, 2.24) is 4.90 Å². The molecular weight excluding hydrogens is 358 g/mol. The van der Waals surface area contributed by atoms with Crippen LogP contribution in [0.5, 0.6) is 0 Å². The number of nitrogens with zero attached hydrogens (tertiary/aromatic N) is 1. The van der Waals surface area contributed by atoms with Gasteiger partial charge in [0.1, 0.15) is 0 Å². The van der Waals surface area contributed by atoms with E-state index in [2.05, 4.69) is 22.0 Å². The molecule has 1 amide bonds. The summed E-state index contributed by atoms with van der Waals surface area (Å²) in [5, 5.41) is 9.56. The summed E-state index contributed by atoms with van der Waals surface area (Å²) >= 11 is 3.47. The van der Waals surface area contributed by atoms with Crippen molar-refractivity contribution in [2.45, 2.75) is 40.0 Å². The normalized spacial score (nSPS) is 21.0. The van der Waals surface area contributed by atoms with E-state index in [1.54, 1.807) is 4.90 Å². The number of rotatable bonds is 5. The maximum Gasteiger partial charge on any atom is 0.311 e. The van der Waals surface area contributed by atoms with E-state index < -0.39 is 11.4 Å². The van der Waals surface area contributed by atoms with Crippen molar-refractivity contribution in [3.05, 3.63) is 33.8 Å². The van der Waals surface area contributed by atoms with Crippen LogP contribution in [0.15, 0.2) is 22.7 Å². The molecule has 0 aliphatic carbocycles. The Labute approximate surface area is 146 Å². The Bertz CT molecular complexity index is 614. The van der Waals surface area contributed by atoms with Gasteiger partial charge in [-0.1, -0.05) is 41.9 Å². The quantitative estimate of drug-likeness (QED) is 0.846. The first-order valence-electron chi connectivity index (χ1n) is 8.02. The third kappa shape index (κ3) is 3.77. The molecule has 1 N–H and O–H groups in total. The topological polar surface area (TPSA) is 57.6 Å². The number of amides is 1. The summed E-state index contributed by atoms with van der Waals surface area (Å²) in [5.41, 5.74) is 1.50. The summed E-state index contributed by atoms with van der Waals surface area (Å²) in [6.07, 6.45) is 1.66. The Hall–Kier alpha value is -1.36. The van der Waals surface area contributed by atoms with Gasteiger partial charge >= 0.3 is 5.97 Å². The molecule has 126 valence electrons. The van der Waals surface area contributed by atoms with Gasteiger partial charge in [0.05, 0.1) is 5.41 Å². The molecule has 1 fully saturated rings. The van der Waals surface area contributed by atoms with Crippen LogP contribution in [-0.4, -0.2) is 35.0 Å². The summed E-state index contributed by atoms with van der Waals surface area (Å²) in [4.78, 5) is 25.8. The highest BCUT2D eigenvalue weighted by atomic mass is 79.9. The first-order chi connectivity index (χ1) is 10.8. The van der Waals surface area contributed by atoms with E-state index in [-0.39, 0.29) is 11.8 Å². The highest BCUT2D eigenvalue weighted by Crippen LogP contribution is 2.38. The molecule has 1 aliphatic rings. The lowest BCUT2D eigenvalue weighted by Gasteiger charge is -2.28. The summed E-state index contributed by atoms with van der Waals surface area (Å²) in [6, 6.07) is 6.10. The lowest BCUT2D eigenvalue weighted by molar-refractivity contribution is -0.151. The van der Waals surface area contributed by atoms with Gasteiger partial charge in [-0.05, 0) is 42.9 Å². The van der Waals surface area contributed by atoms with E-state index in [9.17, 15) is 14.7 Å². The van der Waals surface area contributed by atoms with E-state index in [1.165, 1.54) is 0 Å². The number of hydrogen-bond donors (Lipinski definition) is 1. The predicted octanol–water partition coefficient (Wildman–Crippen LogP) is 3.65. The number of aliphatic carboxylic acids is 1. The zero-order valence-corrected chi connectivity index (χ0v) is 15.5. The second-order valence-corrected chi connectivity index (χ2v) is 7.62. The fourth-order valence-corrected chi connectivity index (χ4v) is 3.46. The summed E-state index contributed by atoms with van der Waals surface area (Å²) in [5.74, 6) is -0.715. The van der Waals surface area contributed by atoms with Gasteiger partial charge < -0.3 is 10.0 Å². The summed E-state index contributed by atoms with van der Waals surface area (Å²) in [6.45, 7) is 6.75. The standard InChI is InChI=1S/C18H24BrNO3/c1-12(2)18(17(22)23)8-9-20(11-18)16(21)7-5-14-4-6-15(19)13(3)10-14/h4,6,10,12H,5,7-9,11H2,1-3H3,(H,22,23). The molecule has 0 radical (unpaired) electrons. The fraction of sp³-hybridized carbons (Fsp3) is 0.556. The monoisotopic (exact) mass is 381 g/mol. The third-order valence-electron chi connectivity index (χ3n) is 5.03. The van der Waals surface area contributed by atoms with Crippen LogP contribution in [0.3, 0.4) is 0 Å². The molecule has 1 heterocycles. The number of aryl methyl sites for hydroxylation is 2. The van der Waals surface area contributed by atoms with Gasteiger partial charge in [-0.2, -0.15) is 0 Å². The van der Waals surface area contributed by atoms with Crippen molar-refractivity contribution in [2.24, 2.45) is 11.3 Å². The summed E-state index contributed by atoms with van der Waals surface area (Å²) < 4.78 is 1.07. The molecule has 4 nitrogen and oxygen atoms in total. The van der Waals surface area contributed by atoms with Gasteiger partial charge in [0, 0.05) is 24.0 Å². The van der Waals surface area contributed by atoms with Gasteiger partial charge in [-0.3, -0.25) is 9.59 Å². The molecule has 1 unspecified atom stereocenters. The van der Waals surface area contributed by atoms with Crippen LogP contribution in [-0.2, 0) is 16.0 Å². The molecule has 0 saturated carbocycles. The lowest BCUT2D eigenvalue weighted by atomic mass is 9.76. The van der Waals surface area contributed by atoms with E-state index in [4.69, 9.17) is 0 Å². The van der Waals surface area contributed by atoms with Gasteiger partial charge in [0.25, 0.3) is 0 Å². The minimum Gasteiger partial charge on any atom is -0.481 e. The average molecular weight is 382 g/mol. The van der Waals surface area contributed by atoms with Crippen molar-refractivity contribution >= 4 is 27.8 Å². The first kappa shape index (κ1) is 18.0. The third-order valence-corrected chi connectivity index (χ3v) is 5.92. The SMILES string of the molecule is Cc1cc(CCC(=O)N2CCC(C(=O)O)(C(C)C)C2)ccc1Br. The number of hydrogen-bond acceptors (Lipinski definition) is 2.